The number of benzene rings is 3. The molecule has 3 amide bonds. The van der Waals surface area contributed by atoms with E-state index in [-0.39, 0.29) is 12.7 Å². The lowest BCUT2D eigenvalue weighted by Gasteiger charge is -2.49. The fourth-order valence-electron chi connectivity index (χ4n) is 4.61. The SMILES string of the molecule is Cc1ccc(N2C(=O)[C@@H](N3C(=O)c4ccccc4C3=O)[C@@H]2c2ccc3c(c2)OCO3)cc1. The van der Waals surface area contributed by atoms with Crippen LogP contribution in [-0.4, -0.2) is 35.5 Å². The largest absolute Gasteiger partial charge is 0.454 e. The Morgan fingerprint density at radius 2 is 1.41 bits per heavy atom. The van der Waals surface area contributed by atoms with Crippen LogP contribution in [0.5, 0.6) is 11.5 Å². The van der Waals surface area contributed by atoms with Gasteiger partial charge in [-0.25, -0.2) is 0 Å². The molecule has 0 saturated carbocycles. The molecule has 1 saturated heterocycles. The highest BCUT2D eigenvalue weighted by Gasteiger charge is 2.57. The molecule has 2 atom stereocenters. The minimum atomic E-state index is -0.941. The highest BCUT2D eigenvalue weighted by Crippen LogP contribution is 2.46. The molecule has 32 heavy (non-hydrogen) atoms. The van der Waals surface area contributed by atoms with Crippen LogP contribution in [0, 0.1) is 6.92 Å². The van der Waals surface area contributed by atoms with E-state index in [4.69, 9.17) is 9.47 Å². The molecule has 0 unspecified atom stereocenters. The summed E-state index contributed by atoms with van der Waals surface area (Å²) in [6, 6.07) is 18.2. The minimum Gasteiger partial charge on any atom is -0.454 e. The van der Waals surface area contributed by atoms with Crippen LogP contribution in [0.3, 0.4) is 0 Å². The topological polar surface area (TPSA) is 76.2 Å². The Kier molecular flexibility index (Phi) is 3.89. The zero-order valence-electron chi connectivity index (χ0n) is 17.1. The average Bonchev–Trinajstić information content (AvgIpc) is 3.37. The van der Waals surface area contributed by atoms with Crippen LogP contribution in [0.4, 0.5) is 5.69 Å². The number of β-lactam (4-membered cyclic amide) rings is 1. The zero-order valence-corrected chi connectivity index (χ0v) is 17.1. The lowest BCUT2D eigenvalue weighted by molar-refractivity contribution is -0.130. The number of carbonyl (C=O) groups is 3. The molecule has 3 aliphatic rings. The van der Waals surface area contributed by atoms with E-state index in [0.29, 0.717) is 28.3 Å². The van der Waals surface area contributed by atoms with Gasteiger partial charge in [0.05, 0.1) is 17.2 Å². The van der Waals surface area contributed by atoms with E-state index in [1.807, 2.05) is 43.3 Å². The molecule has 3 heterocycles. The predicted octanol–water partition coefficient (Wildman–Crippen LogP) is 3.48. The van der Waals surface area contributed by atoms with Crippen molar-refractivity contribution < 1.29 is 23.9 Å². The number of nitrogens with zero attached hydrogens (tertiary/aromatic N) is 2. The van der Waals surface area contributed by atoms with Gasteiger partial charge in [-0.2, -0.15) is 0 Å². The smallest absolute Gasteiger partial charge is 0.262 e. The van der Waals surface area contributed by atoms with E-state index in [1.165, 1.54) is 0 Å². The van der Waals surface area contributed by atoms with Crippen LogP contribution >= 0.6 is 0 Å². The molecule has 7 heteroatoms. The van der Waals surface area contributed by atoms with Crippen LogP contribution in [0.2, 0.25) is 0 Å². The van der Waals surface area contributed by atoms with Crippen molar-refractivity contribution in [1.29, 1.82) is 0 Å². The van der Waals surface area contributed by atoms with Crippen LogP contribution in [0.15, 0.2) is 66.7 Å². The Hall–Kier alpha value is -4.13. The summed E-state index contributed by atoms with van der Waals surface area (Å²) in [6.45, 7) is 2.10. The van der Waals surface area contributed by atoms with Crippen LogP contribution < -0.4 is 14.4 Å². The lowest BCUT2D eigenvalue weighted by Crippen LogP contribution is -2.67. The van der Waals surface area contributed by atoms with Crippen LogP contribution in [0.1, 0.15) is 37.9 Å². The molecule has 6 rings (SSSR count). The number of hydrogen-bond donors (Lipinski definition) is 0. The lowest BCUT2D eigenvalue weighted by atomic mass is 9.86. The first-order valence-corrected chi connectivity index (χ1v) is 10.3. The van der Waals surface area contributed by atoms with E-state index in [2.05, 4.69) is 0 Å². The molecule has 3 aromatic carbocycles. The molecular formula is C25H18N2O5. The van der Waals surface area contributed by atoms with Crippen molar-refractivity contribution >= 4 is 23.4 Å². The average molecular weight is 426 g/mol. The van der Waals surface area contributed by atoms with Crippen LogP contribution in [0.25, 0.3) is 0 Å². The summed E-state index contributed by atoms with van der Waals surface area (Å²) in [7, 11) is 0. The van der Waals surface area contributed by atoms with Gasteiger partial charge in [0.2, 0.25) is 6.79 Å². The molecule has 3 aliphatic heterocycles. The van der Waals surface area contributed by atoms with E-state index in [1.54, 1.807) is 35.2 Å². The molecule has 0 spiro atoms. The van der Waals surface area contributed by atoms with E-state index in [9.17, 15) is 14.4 Å². The highest BCUT2D eigenvalue weighted by molar-refractivity contribution is 6.24. The maximum Gasteiger partial charge on any atom is 0.262 e. The Morgan fingerprint density at radius 3 is 2.09 bits per heavy atom. The van der Waals surface area contributed by atoms with Gasteiger partial charge in [-0.15, -0.1) is 0 Å². The number of rotatable bonds is 3. The number of fused-ring (bicyclic) bond motifs is 2. The third kappa shape index (κ3) is 2.51. The van der Waals surface area contributed by atoms with E-state index in [0.717, 1.165) is 16.0 Å². The zero-order chi connectivity index (χ0) is 22.0. The quantitative estimate of drug-likeness (QED) is 0.474. The summed E-state index contributed by atoms with van der Waals surface area (Å²) in [5, 5.41) is 0. The Balaban J connectivity index is 1.45. The summed E-state index contributed by atoms with van der Waals surface area (Å²) in [6.07, 6.45) is 0. The predicted molar refractivity (Wildman–Crippen MR) is 115 cm³/mol. The molecule has 0 aliphatic carbocycles. The van der Waals surface area contributed by atoms with Gasteiger partial charge in [0.15, 0.2) is 11.5 Å². The van der Waals surface area contributed by atoms with Crippen LogP contribution in [-0.2, 0) is 4.79 Å². The Bertz CT molecular complexity index is 1260. The monoisotopic (exact) mass is 426 g/mol. The van der Waals surface area contributed by atoms with Crippen molar-refractivity contribution in [2.24, 2.45) is 0 Å². The maximum atomic E-state index is 13.4. The first-order chi connectivity index (χ1) is 15.5. The summed E-state index contributed by atoms with van der Waals surface area (Å²) in [5.74, 6) is 0.00732. The molecule has 0 aromatic heterocycles. The third-order valence-electron chi connectivity index (χ3n) is 6.22. The normalized spacial score (nSPS) is 21.1. The van der Waals surface area contributed by atoms with Crippen molar-refractivity contribution in [2.45, 2.75) is 19.0 Å². The number of imide groups is 1. The van der Waals surface area contributed by atoms with Gasteiger partial charge in [0, 0.05) is 5.69 Å². The third-order valence-corrected chi connectivity index (χ3v) is 6.22. The van der Waals surface area contributed by atoms with Gasteiger partial charge in [0.1, 0.15) is 6.04 Å². The maximum absolute atomic E-state index is 13.4. The van der Waals surface area contributed by atoms with Gasteiger partial charge in [-0.05, 0) is 48.9 Å². The Labute approximate surface area is 183 Å². The van der Waals surface area contributed by atoms with Crippen molar-refractivity contribution in [2.75, 3.05) is 11.7 Å². The van der Waals surface area contributed by atoms with Gasteiger partial charge >= 0.3 is 0 Å². The fourth-order valence-corrected chi connectivity index (χ4v) is 4.61. The molecule has 1 fully saturated rings. The van der Waals surface area contributed by atoms with E-state index >= 15 is 0 Å². The highest BCUT2D eigenvalue weighted by atomic mass is 16.7. The van der Waals surface area contributed by atoms with Gasteiger partial charge in [-0.3, -0.25) is 19.3 Å². The van der Waals surface area contributed by atoms with E-state index < -0.39 is 23.9 Å². The van der Waals surface area contributed by atoms with Crippen molar-refractivity contribution in [1.82, 2.24) is 4.90 Å². The number of carbonyl (C=O) groups excluding carboxylic acids is 3. The van der Waals surface area contributed by atoms with Crippen molar-refractivity contribution in [3.63, 3.8) is 0 Å². The number of anilines is 1. The minimum absolute atomic E-state index is 0.131. The molecule has 3 aromatic rings. The van der Waals surface area contributed by atoms with Gasteiger partial charge in [0.25, 0.3) is 17.7 Å². The molecule has 0 bridgehead atoms. The Morgan fingerprint density at radius 1 is 0.750 bits per heavy atom. The molecule has 158 valence electrons. The second-order valence-electron chi connectivity index (χ2n) is 8.07. The number of ether oxygens (including phenoxy) is 2. The number of aryl methyl sites for hydroxylation is 1. The first-order valence-electron chi connectivity index (χ1n) is 10.3. The summed E-state index contributed by atoms with van der Waals surface area (Å²) >= 11 is 0. The van der Waals surface area contributed by atoms with Crippen molar-refractivity contribution in [3.05, 3.63) is 89.0 Å². The number of amides is 3. The molecule has 0 radical (unpaired) electrons. The summed E-state index contributed by atoms with van der Waals surface area (Å²) < 4.78 is 10.9. The molecule has 7 nitrogen and oxygen atoms in total. The van der Waals surface area contributed by atoms with Gasteiger partial charge < -0.3 is 14.4 Å². The summed E-state index contributed by atoms with van der Waals surface area (Å²) in [5.41, 5.74) is 3.18. The second kappa shape index (κ2) is 6.68. The molecular weight excluding hydrogens is 408 g/mol. The summed E-state index contributed by atoms with van der Waals surface area (Å²) in [4.78, 5) is 42.4. The molecule has 0 N–H and O–H groups in total. The van der Waals surface area contributed by atoms with Crippen molar-refractivity contribution in [3.8, 4) is 11.5 Å². The first kappa shape index (κ1) is 18.6. The standard InChI is InChI=1S/C25H18N2O5/c1-14-6-9-16(10-7-14)26-21(15-8-11-19-20(12-15)32-13-31-19)22(25(26)30)27-23(28)17-4-2-3-5-18(17)24(27)29/h2-12,21-22H,13H2,1H3/t21-,22-/m0/s1. The van der Waals surface area contributed by atoms with Gasteiger partial charge in [-0.1, -0.05) is 35.9 Å². The second-order valence-corrected chi connectivity index (χ2v) is 8.07. The number of hydrogen-bond acceptors (Lipinski definition) is 5. The fraction of sp³-hybridized carbons (Fsp3) is 0.160.